The van der Waals surface area contributed by atoms with Gasteiger partial charge in [0.15, 0.2) is 0 Å². The molecule has 2 heterocycles. The number of rotatable bonds is 7. The highest BCUT2D eigenvalue weighted by atomic mass is 16.2. The molecule has 2 aliphatic rings. The van der Waals surface area contributed by atoms with Crippen LogP contribution in [0.4, 0.5) is 5.69 Å². The number of piperazine rings is 1. The lowest BCUT2D eigenvalue weighted by atomic mass is 10.1. The first kappa shape index (κ1) is 23.0. The number of hydrogen-bond acceptors (Lipinski definition) is 4. The van der Waals surface area contributed by atoms with Crippen molar-refractivity contribution in [3.05, 3.63) is 65.7 Å². The van der Waals surface area contributed by atoms with E-state index in [9.17, 15) is 14.4 Å². The van der Waals surface area contributed by atoms with Crippen LogP contribution in [0.25, 0.3) is 0 Å². The highest BCUT2D eigenvalue weighted by Crippen LogP contribution is 2.21. The Hall–Kier alpha value is -3.19. The quantitative estimate of drug-likeness (QED) is 0.705. The maximum Gasteiger partial charge on any atom is 0.238 e. The molecule has 0 radical (unpaired) electrons. The summed E-state index contributed by atoms with van der Waals surface area (Å²) in [6, 6.07) is 17.8. The summed E-state index contributed by atoms with van der Waals surface area (Å²) in [5.41, 5.74) is 3.14. The fraction of sp³-hybridized carbons (Fsp3) is 0.423. The molecule has 0 aliphatic carbocycles. The van der Waals surface area contributed by atoms with Crippen molar-refractivity contribution in [3.63, 3.8) is 0 Å². The second-order valence-corrected chi connectivity index (χ2v) is 8.99. The number of benzene rings is 2. The molecule has 0 bridgehead atoms. The molecule has 33 heavy (non-hydrogen) atoms. The van der Waals surface area contributed by atoms with E-state index in [1.807, 2.05) is 59.2 Å². The Morgan fingerprint density at radius 1 is 0.970 bits per heavy atom. The molecule has 0 aromatic heterocycles. The van der Waals surface area contributed by atoms with Crippen LogP contribution in [0.3, 0.4) is 0 Å². The second kappa shape index (κ2) is 10.6. The molecule has 7 nitrogen and oxygen atoms in total. The molecule has 0 unspecified atom stereocenters. The second-order valence-electron chi connectivity index (χ2n) is 8.99. The minimum Gasteiger partial charge on any atom is -0.342 e. The number of amides is 3. The van der Waals surface area contributed by atoms with Crippen molar-refractivity contribution in [2.24, 2.45) is 5.92 Å². The Morgan fingerprint density at radius 3 is 2.36 bits per heavy atom. The van der Waals surface area contributed by atoms with Gasteiger partial charge in [-0.3, -0.25) is 19.3 Å². The topological polar surface area (TPSA) is 73.0 Å². The van der Waals surface area contributed by atoms with Crippen LogP contribution in [0, 0.1) is 12.8 Å². The lowest BCUT2D eigenvalue weighted by Crippen LogP contribution is -2.52. The summed E-state index contributed by atoms with van der Waals surface area (Å²) >= 11 is 0. The summed E-state index contributed by atoms with van der Waals surface area (Å²) in [4.78, 5) is 43.5. The largest absolute Gasteiger partial charge is 0.342 e. The van der Waals surface area contributed by atoms with E-state index < -0.39 is 0 Å². The molecule has 2 aliphatic heterocycles. The number of carbonyl (C=O) groups is 3. The fourth-order valence-corrected chi connectivity index (χ4v) is 4.49. The smallest absolute Gasteiger partial charge is 0.238 e. The maximum absolute atomic E-state index is 13.0. The van der Waals surface area contributed by atoms with Crippen LogP contribution in [-0.2, 0) is 20.8 Å². The first-order valence-electron chi connectivity index (χ1n) is 11.7. The van der Waals surface area contributed by atoms with Crippen LogP contribution >= 0.6 is 0 Å². The van der Waals surface area contributed by atoms with E-state index in [1.165, 1.54) is 5.56 Å². The highest BCUT2D eigenvalue weighted by molar-refractivity contribution is 5.92. The van der Waals surface area contributed by atoms with Gasteiger partial charge in [-0.15, -0.1) is 0 Å². The van der Waals surface area contributed by atoms with E-state index in [0.717, 1.165) is 17.7 Å². The minimum atomic E-state index is -0.260. The maximum atomic E-state index is 13.0. The molecule has 2 aromatic rings. The number of nitrogens with zero attached hydrogens (tertiary/aromatic N) is 3. The SMILES string of the molecule is Cc1ccc(NC(=O)CN2CCN(C(=O)[C@@H]3CC(=O)N(CCc4ccccc4)C3)CC2)cc1. The molecular weight excluding hydrogens is 416 g/mol. The molecule has 174 valence electrons. The summed E-state index contributed by atoms with van der Waals surface area (Å²) in [6.45, 7) is 5.97. The summed E-state index contributed by atoms with van der Waals surface area (Å²) < 4.78 is 0. The van der Waals surface area contributed by atoms with Gasteiger partial charge in [-0.25, -0.2) is 0 Å². The Kier molecular flexibility index (Phi) is 7.40. The number of likely N-dealkylation sites (tertiary alicyclic amines) is 1. The number of anilines is 1. The molecule has 0 spiro atoms. The first-order valence-corrected chi connectivity index (χ1v) is 11.7. The average Bonchev–Trinajstić information content (AvgIpc) is 3.20. The van der Waals surface area contributed by atoms with Crippen molar-refractivity contribution in [1.82, 2.24) is 14.7 Å². The Morgan fingerprint density at radius 2 is 1.67 bits per heavy atom. The van der Waals surface area contributed by atoms with Crippen LogP contribution < -0.4 is 5.32 Å². The van der Waals surface area contributed by atoms with Gasteiger partial charge >= 0.3 is 0 Å². The molecule has 1 atom stereocenters. The zero-order valence-corrected chi connectivity index (χ0v) is 19.2. The van der Waals surface area contributed by atoms with Gasteiger partial charge in [0.25, 0.3) is 0 Å². The van der Waals surface area contributed by atoms with E-state index >= 15 is 0 Å². The summed E-state index contributed by atoms with van der Waals surface area (Å²) in [6.07, 6.45) is 1.10. The van der Waals surface area contributed by atoms with Crippen molar-refractivity contribution in [3.8, 4) is 0 Å². The molecule has 2 fully saturated rings. The average molecular weight is 449 g/mol. The Balaban J connectivity index is 1.20. The van der Waals surface area contributed by atoms with Gasteiger partial charge in [-0.05, 0) is 31.0 Å². The molecule has 2 saturated heterocycles. The lowest BCUT2D eigenvalue weighted by Gasteiger charge is -2.35. The Labute approximate surface area is 195 Å². The molecule has 1 N–H and O–H groups in total. The molecule has 3 amide bonds. The van der Waals surface area contributed by atoms with Gasteiger partial charge in [0, 0.05) is 51.4 Å². The molecule has 4 rings (SSSR count). The van der Waals surface area contributed by atoms with Crippen molar-refractivity contribution in [2.45, 2.75) is 19.8 Å². The molecule has 0 saturated carbocycles. The first-order chi connectivity index (χ1) is 16.0. The zero-order chi connectivity index (χ0) is 23.2. The van der Waals surface area contributed by atoms with Crippen LogP contribution in [-0.4, -0.2) is 78.2 Å². The Bertz CT molecular complexity index is 969. The van der Waals surface area contributed by atoms with Gasteiger partial charge in [-0.1, -0.05) is 48.0 Å². The highest BCUT2D eigenvalue weighted by Gasteiger charge is 2.37. The normalized spacial score (nSPS) is 19.1. The standard InChI is InChI=1S/C26H32N4O3/c1-20-7-9-23(10-8-20)27-24(31)19-28-13-15-29(16-14-28)26(33)22-17-25(32)30(18-22)12-11-21-5-3-2-4-6-21/h2-10,22H,11-19H2,1H3,(H,27,31)/t22-/m1/s1. The van der Waals surface area contributed by atoms with Crippen molar-refractivity contribution in [2.75, 3.05) is 51.1 Å². The summed E-state index contributed by atoms with van der Waals surface area (Å²) in [5.74, 6) is -0.177. The third kappa shape index (κ3) is 6.20. The number of carbonyl (C=O) groups excluding carboxylic acids is 3. The van der Waals surface area contributed by atoms with E-state index in [4.69, 9.17) is 0 Å². The van der Waals surface area contributed by atoms with E-state index in [0.29, 0.717) is 52.2 Å². The molecular formula is C26H32N4O3. The zero-order valence-electron chi connectivity index (χ0n) is 19.2. The predicted octanol–water partition coefficient (Wildman–Crippen LogP) is 2.17. The van der Waals surface area contributed by atoms with Crippen LogP contribution in [0.1, 0.15) is 17.5 Å². The number of nitrogens with one attached hydrogen (secondary N) is 1. The van der Waals surface area contributed by atoms with Gasteiger partial charge in [0.05, 0.1) is 12.5 Å². The van der Waals surface area contributed by atoms with Gasteiger partial charge < -0.3 is 15.1 Å². The fourth-order valence-electron chi connectivity index (χ4n) is 4.49. The monoisotopic (exact) mass is 448 g/mol. The summed E-state index contributed by atoms with van der Waals surface area (Å²) in [7, 11) is 0. The van der Waals surface area contributed by atoms with E-state index in [1.54, 1.807) is 0 Å². The van der Waals surface area contributed by atoms with Crippen LogP contribution in [0.15, 0.2) is 54.6 Å². The third-order valence-electron chi connectivity index (χ3n) is 6.46. The van der Waals surface area contributed by atoms with Crippen LogP contribution in [0.5, 0.6) is 0 Å². The number of hydrogen-bond donors (Lipinski definition) is 1. The predicted molar refractivity (Wildman–Crippen MR) is 128 cm³/mol. The van der Waals surface area contributed by atoms with E-state index in [2.05, 4.69) is 22.3 Å². The lowest BCUT2D eigenvalue weighted by molar-refractivity contribution is -0.137. The minimum absolute atomic E-state index is 0.0472. The third-order valence-corrected chi connectivity index (χ3v) is 6.46. The summed E-state index contributed by atoms with van der Waals surface area (Å²) in [5, 5.41) is 2.92. The van der Waals surface area contributed by atoms with E-state index in [-0.39, 0.29) is 23.6 Å². The van der Waals surface area contributed by atoms with Gasteiger partial charge in [0.2, 0.25) is 17.7 Å². The van der Waals surface area contributed by atoms with Crippen LogP contribution in [0.2, 0.25) is 0 Å². The van der Waals surface area contributed by atoms with Gasteiger partial charge in [-0.2, -0.15) is 0 Å². The number of aryl methyl sites for hydroxylation is 1. The van der Waals surface area contributed by atoms with Crippen molar-refractivity contribution < 1.29 is 14.4 Å². The molecule has 2 aromatic carbocycles. The van der Waals surface area contributed by atoms with Gasteiger partial charge in [0.1, 0.15) is 0 Å². The molecule has 7 heteroatoms. The van der Waals surface area contributed by atoms with Crippen molar-refractivity contribution in [1.29, 1.82) is 0 Å². The van der Waals surface area contributed by atoms with Crippen molar-refractivity contribution >= 4 is 23.4 Å².